The van der Waals surface area contributed by atoms with Crippen molar-refractivity contribution in [1.29, 1.82) is 0 Å². The van der Waals surface area contributed by atoms with Crippen molar-refractivity contribution in [2.24, 2.45) is 5.84 Å². The maximum atomic E-state index is 5.83. The lowest BCUT2D eigenvalue weighted by Gasteiger charge is -2.25. The molecule has 0 bridgehead atoms. The number of nitrogens with one attached hydrogen (secondary N) is 1. The molecule has 5 heteroatoms. The number of anilines is 1. The summed E-state index contributed by atoms with van der Waals surface area (Å²) < 4.78 is 5.83. The van der Waals surface area contributed by atoms with E-state index in [0.717, 1.165) is 23.7 Å². The van der Waals surface area contributed by atoms with Crippen LogP contribution < -0.4 is 16.0 Å². The van der Waals surface area contributed by atoms with Crippen molar-refractivity contribution in [1.82, 2.24) is 9.97 Å². The predicted molar refractivity (Wildman–Crippen MR) is 82.3 cm³/mol. The van der Waals surface area contributed by atoms with E-state index in [9.17, 15) is 0 Å². The number of nitrogens with zero attached hydrogens (tertiary/aromatic N) is 2. The zero-order valence-corrected chi connectivity index (χ0v) is 12.3. The molecule has 1 aromatic carbocycles. The quantitative estimate of drug-likeness (QED) is 0.669. The molecule has 5 nitrogen and oxygen atoms in total. The molecule has 1 unspecified atom stereocenters. The highest BCUT2D eigenvalue weighted by atomic mass is 16.5. The number of hydrogen-bond donors (Lipinski definition) is 2. The van der Waals surface area contributed by atoms with Crippen LogP contribution in [-0.4, -0.2) is 16.6 Å². The average Bonchev–Trinajstić information content (AvgIpc) is 2.53. The summed E-state index contributed by atoms with van der Waals surface area (Å²) in [6, 6.07) is 10.0. The topological polar surface area (TPSA) is 73.1 Å². The Morgan fingerprint density at radius 3 is 2.86 bits per heavy atom. The standard InChI is InChI=1S/C16H20N4O/c1-10(2)13-8-15(20-17)19-16(18-13)12-7-11-5-3-4-6-14(11)21-9-12/h3-6,8,10,12H,7,9,17H2,1-2H3,(H,18,19,20). The minimum Gasteiger partial charge on any atom is -0.493 e. The Kier molecular flexibility index (Phi) is 3.75. The van der Waals surface area contributed by atoms with E-state index in [0.29, 0.717) is 18.3 Å². The van der Waals surface area contributed by atoms with Gasteiger partial charge in [-0.3, -0.25) is 0 Å². The van der Waals surface area contributed by atoms with Gasteiger partial charge in [0, 0.05) is 11.8 Å². The van der Waals surface area contributed by atoms with Gasteiger partial charge in [0.25, 0.3) is 0 Å². The van der Waals surface area contributed by atoms with Crippen LogP contribution in [0.5, 0.6) is 5.75 Å². The van der Waals surface area contributed by atoms with E-state index in [-0.39, 0.29) is 5.92 Å². The van der Waals surface area contributed by atoms with Crippen LogP contribution in [0.4, 0.5) is 5.82 Å². The largest absolute Gasteiger partial charge is 0.493 e. The molecule has 0 saturated heterocycles. The van der Waals surface area contributed by atoms with Gasteiger partial charge in [0.05, 0.1) is 12.5 Å². The molecule has 0 spiro atoms. The van der Waals surface area contributed by atoms with E-state index < -0.39 is 0 Å². The lowest BCUT2D eigenvalue weighted by atomic mass is 9.95. The number of nitrogens with two attached hydrogens (primary N) is 1. The highest BCUT2D eigenvalue weighted by Crippen LogP contribution is 2.31. The first-order chi connectivity index (χ1) is 10.2. The maximum Gasteiger partial charge on any atom is 0.143 e. The molecule has 2 heterocycles. The molecule has 1 atom stereocenters. The fourth-order valence-electron chi connectivity index (χ4n) is 2.53. The van der Waals surface area contributed by atoms with E-state index >= 15 is 0 Å². The summed E-state index contributed by atoms with van der Waals surface area (Å²) >= 11 is 0. The molecule has 0 aliphatic carbocycles. The van der Waals surface area contributed by atoms with Crippen LogP contribution in [0.15, 0.2) is 30.3 Å². The Hall–Kier alpha value is -2.14. The second kappa shape index (κ2) is 5.69. The van der Waals surface area contributed by atoms with E-state index in [4.69, 9.17) is 15.6 Å². The number of benzene rings is 1. The minimum atomic E-state index is 0.158. The molecule has 3 rings (SSSR count). The molecule has 0 radical (unpaired) electrons. The first-order valence-electron chi connectivity index (χ1n) is 7.23. The number of hydrazine groups is 1. The fourth-order valence-corrected chi connectivity index (χ4v) is 2.53. The van der Waals surface area contributed by atoms with Crippen LogP contribution in [0.25, 0.3) is 0 Å². The Morgan fingerprint density at radius 1 is 1.29 bits per heavy atom. The van der Waals surface area contributed by atoms with Gasteiger partial charge in [-0.1, -0.05) is 32.0 Å². The number of para-hydroxylation sites is 1. The van der Waals surface area contributed by atoms with Gasteiger partial charge in [-0.15, -0.1) is 0 Å². The average molecular weight is 284 g/mol. The van der Waals surface area contributed by atoms with E-state index in [2.05, 4.69) is 30.3 Å². The van der Waals surface area contributed by atoms with Crippen molar-refractivity contribution in [3.63, 3.8) is 0 Å². The zero-order valence-electron chi connectivity index (χ0n) is 12.3. The summed E-state index contributed by atoms with van der Waals surface area (Å²) in [7, 11) is 0. The molecular formula is C16H20N4O. The summed E-state index contributed by atoms with van der Waals surface area (Å²) in [6.07, 6.45) is 0.891. The van der Waals surface area contributed by atoms with Crippen LogP contribution in [0.2, 0.25) is 0 Å². The lowest BCUT2D eigenvalue weighted by molar-refractivity contribution is 0.257. The van der Waals surface area contributed by atoms with E-state index in [1.807, 2.05) is 24.3 Å². The summed E-state index contributed by atoms with van der Waals surface area (Å²) in [4.78, 5) is 9.19. The summed E-state index contributed by atoms with van der Waals surface area (Å²) in [6.45, 7) is 4.82. The van der Waals surface area contributed by atoms with Gasteiger partial charge in [-0.2, -0.15) is 0 Å². The van der Waals surface area contributed by atoms with Crippen LogP contribution in [0.1, 0.15) is 42.8 Å². The second-order valence-corrected chi connectivity index (χ2v) is 5.66. The second-order valence-electron chi connectivity index (χ2n) is 5.66. The summed E-state index contributed by atoms with van der Waals surface area (Å²) in [5, 5.41) is 0. The van der Waals surface area contributed by atoms with Crippen molar-refractivity contribution in [2.75, 3.05) is 12.0 Å². The highest BCUT2D eigenvalue weighted by Gasteiger charge is 2.24. The molecule has 1 aliphatic heterocycles. The van der Waals surface area contributed by atoms with Crippen molar-refractivity contribution in [3.05, 3.63) is 47.4 Å². The number of hydrogen-bond acceptors (Lipinski definition) is 5. The monoisotopic (exact) mass is 284 g/mol. The SMILES string of the molecule is CC(C)c1cc(NN)nc(C2COc3ccccc3C2)n1. The number of fused-ring (bicyclic) bond motifs is 1. The molecule has 2 aromatic rings. The molecule has 1 aliphatic rings. The van der Waals surface area contributed by atoms with Crippen LogP contribution >= 0.6 is 0 Å². The molecule has 0 amide bonds. The molecule has 0 saturated carbocycles. The summed E-state index contributed by atoms with van der Waals surface area (Å²) in [5.41, 5.74) is 4.82. The van der Waals surface area contributed by atoms with Gasteiger partial charge in [-0.05, 0) is 24.0 Å². The Morgan fingerprint density at radius 2 is 2.10 bits per heavy atom. The number of nitrogen functional groups attached to an aromatic ring is 1. The number of aromatic nitrogens is 2. The first-order valence-corrected chi connectivity index (χ1v) is 7.23. The zero-order chi connectivity index (χ0) is 14.8. The molecule has 110 valence electrons. The van der Waals surface area contributed by atoms with Gasteiger partial charge in [0.1, 0.15) is 17.4 Å². The molecule has 0 fully saturated rings. The third kappa shape index (κ3) is 2.83. The van der Waals surface area contributed by atoms with Crippen molar-refractivity contribution in [3.8, 4) is 5.75 Å². The highest BCUT2D eigenvalue weighted by molar-refractivity contribution is 5.39. The van der Waals surface area contributed by atoms with Crippen molar-refractivity contribution < 1.29 is 4.74 Å². The predicted octanol–water partition coefficient (Wildman–Crippen LogP) is 2.60. The van der Waals surface area contributed by atoms with Gasteiger partial charge in [0.2, 0.25) is 0 Å². The third-order valence-electron chi connectivity index (χ3n) is 3.75. The van der Waals surface area contributed by atoms with Crippen LogP contribution in [0, 0.1) is 0 Å². The number of ether oxygens (including phenoxy) is 1. The molecule has 1 aromatic heterocycles. The normalized spacial score (nSPS) is 17.2. The molecular weight excluding hydrogens is 264 g/mol. The van der Waals surface area contributed by atoms with Gasteiger partial charge in [-0.25, -0.2) is 15.8 Å². The van der Waals surface area contributed by atoms with E-state index in [1.54, 1.807) is 0 Å². The summed E-state index contributed by atoms with van der Waals surface area (Å²) in [5.74, 6) is 8.42. The lowest BCUT2D eigenvalue weighted by Crippen LogP contribution is -2.22. The molecule has 21 heavy (non-hydrogen) atoms. The third-order valence-corrected chi connectivity index (χ3v) is 3.75. The van der Waals surface area contributed by atoms with Crippen molar-refractivity contribution in [2.45, 2.75) is 32.1 Å². The number of rotatable bonds is 3. The van der Waals surface area contributed by atoms with E-state index in [1.165, 1.54) is 5.56 Å². The van der Waals surface area contributed by atoms with Gasteiger partial charge < -0.3 is 10.2 Å². The Labute approximate surface area is 124 Å². The fraction of sp³-hybridized carbons (Fsp3) is 0.375. The maximum absolute atomic E-state index is 5.83. The Balaban J connectivity index is 1.92. The Bertz CT molecular complexity index is 642. The van der Waals surface area contributed by atoms with Gasteiger partial charge >= 0.3 is 0 Å². The first kappa shape index (κ1) is 13.8. The van der Waals surface area contributed by atoms with Gasteiger partial charge in [0.15, 0.2) is 0 Å². The molecule has 3 N–H and O–H groups in total. The van der Waals surface area contributed by atoms with Crippen LogP contribution in [-0.2, 0) is 6.42 Å². The smallest absolute Gasteiger partial charge is 0.143 e. The van der Waals surface area contributed by atoms with Crippen LogP contribution in [0.3, 0.4) is 0 Å². The van der Waals surface area contributed by atoms with Crippen molar-refractivity contribution >= 4 is 5.82 Å². The minimum absolute atomic E-state index is 0.158.